The van der Waals surface area contributed by atoms with Gasteiger partial charge in [0.2, 0.25) is 0 Å². The molecule has 0 aromatic rings. The van der Waals surface area contributed by atoms with Crippen LogP contribution in [0.5, 0.6) is 0 Å². The van der Waals surface area contributed by atoms with E-state index in [1.165, 1.54) is 51.7 Å². The number of likely N-dealkylation sites (tertiary alicyclic amines) is 1. The minimum Gasteiger partial charge on any atom is -0.381 e. The van der Waals surface area contributed by atoms with Crippen molar-refractivity contribution in [2.45, 2.75) is 46.0 Å². The molecule has 0 aromatic carbocycles. The first kappa shape index (κ1) is 19.5. The number of hydrogen-bond acceptors (Lipinski definition) is 3. The second-order valence-electron chi connectivity index (χ2n) is 7.36. The Morgan fingerprint density at radius 3 is 2.71 bits per heavy atom. The molecule has 2 saturated heterocycles. The van der Waals surface area contributed by atoms with Gasteiger partial charge in [-0.3, -0.25) is 4.99 Å². The summed E-state index contributed by atoms with van der Waals surface area (Å²) in [4.78, 5) is 9.83. The van der Waals surface area contributed by atoms with Gasteiger partial charge in [0, 0.05) is 46.4 Å². The lowest BCUT2D eigenvalue weighted by Crippen LogP contribution is -2.41. The Balaban J connectivity index is 1.79. The molecule has 0 aromatic heterocycles. The third-order valence-electron chi connectivity index (χ3n) is 5.46. The number of ether oxygens (including phenoxy) is 1. The molecule has 1 N–H and O–H groups in total. The summed E-state index contributed by atoms with van der Waals surface area (Å²) in [5.41, 5.74) is 0. The molecule has 5 heteroatoms. The van der Waals surface area contributed by atoms with Gasteiger partial charge in [0.1, 0.15) is 0 Å². The van der Waals surface area contributed by atoms with Crippen molar-refractivity contribution < 1.29 is 4.74 Å². The van der Waals surface area contributed by atoms with E-state index in [0.717, 1.165) is 50.6 Å². The second kappa shape index (κ2) is 10.9. The van der Waals surface area contributed by atoms with Crippen LogP contribution in [0.25, 0.3) is 0 Å². The Labute approximate surface area is 148 Å². The predicted octanol–water partition coefficient (Wildman–Crippen LogP) is 2.43. The maximum absolute atomic E-state index is 5.46. The molecule has 0 bridgehead atoms. The molecule has 1 atom stereocenters. The van der Waals surface area contributed by atoms with Crippen LogP contribution >= 0.6 is 0 Å². The number of piperidine rings is 1. The smallest absolute Gasteiger partial charge is 0.193 e. The zero-order chi connectivity index (χ0) is 17.2. The molecule has 0 spiro atoms. The molecular weight excluding hydrogens is 300 g/mol. The number of rotatable bonds is 7. The Kier molecular flexibility index (Phi) is 8.89. The van der Waals surface area contributed by atoms with Crippen molar-refractivity contribution in [3.05, 3.63) is 0 Å². The van der Waals surface area contributed by atoms with Gasteiger partial charge in [-0.05, 0) is 64.0 Å². The van der Waals surface area contributed by atoms with Crippen molar-refractivity contribution in [3.8, 4) is 0 Å². The summed E-state index contributed by atoms with van der Waals surface area (Å²) in [5, 5.41) is 3.47. The number of guanidine groups is 1. The van der Waals surface area contributed by atoms with E-state index in [0.29, 0.717) is 0 Å². The van der Waals surface area contributed by atoms with Gasteiger partial charge in [-0.25, -0.2) is 0 Å². The third-order valence-corrected chi connectivity index (χ3v) is 5.46. The number of hydrogen-bond donors (Lipinski definition) is 1. The molecule has 0 aliphatic carbocycles. The van der Waals surface area contributed by atoms with Gasteiger partial charge in [0.25, 0.3) is 0 Å². The highest BCUT2D eigenvalue weighted by Gasteiger charge is 2.19. The lowest BCUT2D eigenvalue weighted by atomic mass is 9.96. The lowest BCUT2D eigenvalue weighted by Gasteiger charge is -2.31. The minimum atomic E-state index is 0.719. The number of nitrogens with one attached hydrogen (secondary N) is 1. The average molecular weight is 339 g/mol. The molecule has 2 aliphatic rings. The summed E-state index contributed by atoms with van der Waals surface area (Å²) in [6, 6.07) is 0. The maximum atomic E-state index is 5.46. The van der Waals surface area contributed by atoms with Crippen molar-refractivity contribution in [2.24, 2.45) is 16.8 Å². The zero-order valence-corrected chi connectivity index (χ0v) is 16.1. The van der Waals surface area contributed by atoms with Gasteiger partial charge >= 0.3 is 0 Å². The van der Waals surface area contributed by atoms with E-state index in [4.69, 9.17) is 9.73 Å². The van der Waals surface area contributed by atoms with Crippen LogP contribution in [0.15, 0.2) is 4.99 Å². The van der Waals surface area contributed by atoms with Crippen LogP contribution in [0.3, 0.4) is 0 Å². The van der Waals surface area contributed by atoms with Crippen molar-refractivity contribution in [1.82, 2.24) is 15.1 Å². The number of nitrogens with zero attached hydrogens (tertiary/aromatic N) is 3. The van der Waals surface area contributed by atoms with Gasteiger partial charge in [-0.15, -0.1) is 0 Å². The molecule has 0 radical (unpaired) electrons. The highest BCUT2D eigenvalue weighted by molar-refractivity contribution is 5.79. The standard InChI is InChI=1S/C19H38N4O/c1-4-20-19(21-15-18-7-6-11-23(5-2)16-18)22(3)12-8-17-9-13-24-14-10-17/h17-18H,4-16H2,1-3H3,(H,20,21). The van der Waals surface area contributed by atoms with Crippen LogP contribution < -0.4 is 5.32 Å². The lowest BCUT2D eigenvalue weighted by molar-refractivity contribution is 0.0625. The van der Waals surface area contributed by atoms with Crippen LogP contribution in [0.1, 0.15) is 46.0 Å². The second-order valence-corrected chi connectivity index (χ2v) is 7.36. The molecule has 24 heavy (non-hydrogen) atoms. The summed E-state index contributed by atoms with van der Waals surface area (Å²) in [5.74, 6) is 2.62. The zero-order valence-electron chi connectivity index (χ0n) is 16.1. The van der Waals surface area contributed by atoms with Crippen molar-refractivity contribution >= 4 is 5.96 Å². The van der Waals surface area contributed by atoms with E-state index < -0.39 is 0 Å². The Bertz CT molecular complexity index is 368. The molecule has 0 saturated carbocycles. The Morgan fingerprint density at radius 1 is 1.21 bits per heavy atom. The monoisotopic (exact) mass is 338 g/mol. The van der Waals surface area contributed by atoms with Crippen LogP contribution in [0.4, 0.5) is 0 Å². The highest BCUT2D eigenvalue weighted by Crippen LogP contribution is 2.19. The molecule has 1 unspecified atom stereocenters. The molecular formula is C19H38N4O. The fourth-order valence-corrected chi connectivity index (χ4v) is 3.79. The molecule has 2 fully saturated rings. The number of aliphatic imine (C=N–C) groups is 1. The van der Waals surface area contributed by atoms with Crippen molar-refractivity contribution in [1.29, 1.82) is 0 Å². The molecule has 2 rings (SSSR count). The fourth-order valence-electron chi connectivity index (χ4n) is 3.79. The first-order valence-corrected chi connectivity index (χ1v) is 10.0. The van der Waals surface area contributed by atoms with E-state index >= 15 is 0 Å². The molecule has 2 heterocycles. The van der Waals surface area contributed by atoms with Crippen molar-refractivity contribution in [3.63, 3.8) is 0 Å². The van der Waals surface area contributed by atoms with Crippen LogP contribution in [-0.2, 0) is 4.74 Å². The third kappa shape index (κ3) is 6.60. The first-order chi connectivity index (χ1) is 11.7. The maximum Gasteiger partial charge on any atom is 0.193 e. The summed E-state index contributed by atoms with van der Waals surface area (Å²) >= 11 is 0. The quantitative estimate of drug-likeness (QED) is 0.572. The van der Waals surface area contributed by atoms with Crippen molar-refractivity contribution in [2.75, 3.05) is 59.5 Å². The summed E-state index contributed by atoms with van der Waals surface area (Å²) in [6.45, 7) is 12.9. The van der Waals surface area contributed by atoms with E-state index in [1.807, 2.05) is 0 Å². The van der Waals surface area contributed by atoms with Crippen LogP contribution in [0, 0.1) is 11.8 Å². The van der Waals surface area contributed by atoms with Gasteiger partial charge in [-0.2, -0.15) is 0 Å². The largest absolute Gasteiger partial charge is 0.381 e. The van der Waals surface area contributed by atoms with Crippen LogP contribution in [0.2, 0.25) is 0 Å². The van der Waals surface area contributed by atoms with E-state index in [1.54, 1.807) is 0 Å². The topological polar surface area (TPSA) is 40.1 Å². The molecule has 5 nitrogen and oxygen atoms in total. The first-order valence-electron chi connectivity index (χ1n) is 10.0. The summed E-state index contributed by atoms with van der Waals surface area (Å²) < 4.78 is 5.46. The highest BCUT2D eigenvalue weighted by atomic mass is 16.5. The SMILES string of the molecule is CCNC(=NCC1CCCN(CC)C1)N(C)CCC1CCOCC1. The Hall–Kier alpha value is -0.810. The van der Waals surface area contributed by atoms with Gasteiger partial charge in [-0.1, -0.05) is 6.92 Å². The molecule has 0 amide bonds. The summed E-state index contributed by atoms with van der Waals surface area (Å²) in [7, 11) is 2.18. The molecule has 140 valence electrons. The van der Waals surface area contributed by atoms with Gasteiger partial charge in [0.15, 0.2) is 5.96 Å². The van der Waals surface area contributed by atoms with Crippen LogP contribution in [-0.4, -0.2) is 75.3 Å². The normalized spacial score (nSPS) is 24.1. The van der Waals surface area contributed by atoms with E-state index in [2.05, 4.69) is 36.0 Å². The Morgan fingerprint density at radius 2 is 2.00 bits per heavy atom. The predicted molar refractivity (Wildman–Crippen MR) is 102 cm³/mol. The van der Waals surface area contributed by atoms with E-state index in [-0.39, 0.29) is 0 Å². The van der Waals surface area contributed by atoms with E-state index in [9.17, 15) is 0 Å². The molecule has 2 aliphatic heterocycles. The van der Waals surface area contributed by atoms with Gasteiger partial charge < -0.3 is 19.9 Å². The fraction of sp³-hybridized carbons (Fsp3) is 0.947. The minimum absolute atomic E-state index is 0.719. The summed E-state index contributed by atoms with van der Waals surface area (Å²) in [6.07, 6.45) is 6.33. The van der Waals surface area contributed by atoms with Gasteiger partial charge in [0.05, 0.1) is 0 Å². The average Bonchev–Trinajstić information content (AvgIpc) is 2.64.